The molecule has 0 bridgehead atoms. The van der Waals surface area contributed by atoms with Crippen LogP contribution in [0.2, 0.25) is 0 Å². The maximum atomic E-state index is 12.4. The molecule has 2 N–H and O–H groups in total. The molecule has 0 radical (unpaired) electrons. The second-order valence-electron chi connectivity index (χ2n) is 6.77. The number of hydrogen-bond acceptors (Lipinski definition) is 2. The highest BCUT2D eigenvalue weighted by molar-refractivity contribution is 5.87. The molecule has 2 rings (SSSR count). The fraction of sp³-hybridized carbons (Fsp3) is 0.875. The zero-order valence-electron chi connectivity index (χ0n) is 13.4. The van der Waals surface area contributed by atoms with E-state index >= 15 is 0 Å². The van der Waals surface area contributed by atoms with Gasteiger partial charge in [-0.3, -0.25) is 4.79 Å². The first-order valence-electron chi connectivity index (χ1n) is 8.42. The van der Waals surface area contributed by atoms with Crippen molar-refractivity contribution in [1.82, 2.24) is 15.5 Å². The molecule has 0 unspecified atom stereocenters. The molecular formula is C16H29N3O2. The SMILES string of the molecule is CC(C)CNC(=O)[C@H]1CCCN1C(=O)NC1CCCCC1. The maximum absolute atomic E-state index is 12.4. The monoisotopic (exact) mass is 295 g/mol. The second-order valence-corrected chi connectivity index (χ2v) is 6.77. The van der Waals surface area contributed by atoms with Crippen molar-refractivity contribution in [3.05, 3.63) is 0 Å². The molecule has 2 fully saturated rings. The van der Waals surface area contributed by atoms with Crippen molar-refractivity contribution in [2.75, 3.05) is 13.1 Å². The van der Waals surface area contributed by atoms with Gasteiger partial charge in [0, 0.05) is 19.1 Å². The first kappa shape index (κ1) is 16.1. The quantitative estimate of drug-likeness (QED) is 0.836. The predicted octanol–water partition coefficient (Wildman–Crippen LogP) is 2.27. The minimum Gasteiger partial charge on any atom is -0.354 e. The third-order valence-corrected chi connectivity index (χ3v) is 4.43. The van der Waals surface area contributed by atoms with Gasteiger partial charge in [0.05, 0.1) is 0 Å². The van der Waals surface area contributed by atoms with Gasteiger partial charge in [-0.05, 0) is 31.6 Å². The smallest absolute Gasteiger partial charge is 0.318 e. The highest BCUT2D eigenvalue weighted by Gasteiger charge is 2.34. The molecule has 5 nitrogen and oxygen atoms in total. The van der Waals surface area contributed by atoms with Crippen LogP contribution in [-0.2, 0) is 4.79 Å². The first-order valence-corrected chi connectivity index (χ1v) is 8.42. The number of likely N-dealkylation sites (tertiary alicyclic amines) is 1. The second kappa shape index (κ2) is 7.66. The Kier molecular flexibility index (Phi) is 5.88. The van der Waals surface area contributed by atoms with Gasteiger partial charge in [0.1, 0.15) is 6.04 Å². The van der Waals surface area contributed by atoms with E-state index in [4.69, 9.17) is 0 Å². The molecule has 0 aromatic carbocycles. The summed E-state index contributed by atoms with van der Waals surface area (Å²) in [5, 5.41) is 6.07. The van der Waals surface area contributed by atoms with E-state index in [9.17, 15) is 9.59 Å². The largest absolute Gasteiger partial charge is 0.354 e. The number of rotatable bonds is 4. The van der Waals surface area contributed by atoms with Crippen molar-refractivity contribution >= 4 is 11.9 Å². The van der Waals surface area contributed by atoms with Crippen molar-refractivity contribution in [3.8, 4) is 0 Å². The Hall–Kier alpha value is -1.26. The lowest BCUT2D eigenvalue weighted by atomic mass is 9.96. The highest BCUT2D eigenvalue weighted by atomic mass is 16.2. The van der Waals surface area contributed by atoms with Crippen LogP contribution in [-0.4, -0.2) is 42.0 Å². The van der Waals surface area contributed by atoms with Crippen LogP contribution in [0.1, 0.15) is 58.8 Å². The standard InChI is InChI=1S/C16H29N3O2/c1-12(2)11-17-15(20)14-9-6-10-19(14)16(21)18-13-7-4-3-5-8-13/h12-14H,3-11H2,1-2H3,(H,17,20)(H,18,21)/t14-/m1/s1. The summed E-state index contributed by atoms with van der Waals surface area (Å²) in [7, 11) is 0. The van der Waals surface area contributed by atoms with Crippen molar-refractivity contribution in [2.45, 2.75) is 70.9 Å². The van der Waals surface area contributed by atoms with Gasteiger partial charge >= 0.3 is 6.03 Å². The molecular weight excluding hydrogens is 266 g/mol. The van der Waals surface area contributed by atoms with Crippen LogP contribution in [0.15, 0.2) is 0 Å². The van der Waals surface area contributed by atoms with Crippen LogP contribution in [0.3, 0.4) is 0 Å². The van der Waals surface area contributed by atoms with Gasteiger partial charge in [-0.1, -0.05) is 33.1 Å². The lowest BCUT2D eigenvalue weighted by Gasteiger charge is -2.29. The van der Waals surface area contributed by atoms with E-state index in [-0.39, 0.29) is 18.0 Å². The number of carbonyl (C=O) groups excluding carboxylic acids is 2. The van der Waals surface area contributed by atoms with Crippen LogP contribution in [0, 0.1) is 5.92 Å². The summed E-state index contributed by atoms with van der Waals surface area (Å²) in [6, 6.07) is -0.0392. The molecule has 0 spiro atoms. The van der Waals surface area contributed by atoms with E-state index in [2.05, 4.69) is 24.5 Å². The zero-order valence-corrected chi connectivity index (χ0v) is 13.4. The van der Waals surface area contributed by atoms with E-state index in [1.807, 2.05) is 0 Å². The van der Waals surface area contributed by atoms with Gasteiger partial charge in [-0.15, -0.1) is 0 Å². The molecule has 1 aliphatic heterocycles. The van der Waals surface area contributed by atoms with E-state index in [0.717, 1.165) is 25.7 Å². The molecule has 1 saturated carbocycles. The van der Waals surface area contributed by atoms with Crippen LogP contribution < -0.4 is 10.6 Å². The normalized spacial score (nSPS) is 23.4. The maximum Gasteiger partial charge on any atom is 0.318 e. The molecule has 120 valence electrons. The number of nitrogens with one attached hydrogen (secondary N) is 2. The average Bonchev–Trinajstić information content (AvgIpc) is 2.95. The van der Waals surface area contributed by atoms with E-state index in [0.29, 0.717) is 25.0 Å². The number of carbonyl (C=O) groups is 2. The Morgan fingerprint density at radius 3 is 2.48 bits per heavy atom. The fourth-order valence-electron chi connectivity index (χ4n) is 3.21. The minimum atomic E-state index is -0.285. The zero-order chi connectivity index (χ0) is 15.2. The van der Waals surface area contributed by atoms with Gasteiger partial charge in [0.25, 0.3) is 0 Å². The summed E-state index contributed by atoms with van der Waals surface area (Å²) in [6.45, 7) is 5.51. The molecule has 2 aliphatic rings. The van der Waals surface area contributed by atoms with Crippen LogP contribution in [0.4, 0.5) is 4.79 Å². The fourth-order valence-corrected chi connectivity index (χ4v) is 3.21. The highest BCUT2D eigenvalue weighted by Crippen LogP contribution is 2.20. The lowest BCUT2D eigenvalue weighted by Crippen LogP contribution is -2.52. The summed E-state index contributed by atoms with van der Waals surface area (Å²) in [6.07, 6.45) is 7.51. The van der Waals surface area contributed by atoms with Gasteiger partial charge in [-0.2, -0.15) is 0 Å². The molecule has 1 saturated heterocycles. The number of nitrogens with zero attached hydrogens (tertiary/aromatic N) is 1. The van der Waals surface area contributed by atoms with E-state index < -0.39 is 0 Å². The van der Waals surface area contributed by atoms with Crippen molar-refractivity contribution in [3.63, 3.8) is 0 Å². The minimum absolute atomic E-state index is 0.00000541. The van der Waals surface area contributed by atoms with Crippen molar-refractivity contribution < 1.29 is 9.59 Å². The Bertz CT molecular complexity index is 365. The molecule has 1 heterocycles. The molecule has 1 atom stereocenters. The van der Waals surface area contributed by atoms with Crippen LogP contribution >= 0.6 is 0 Å². The predicted molar refractivity (Wildman–Crippen MR) is 83.0 cm³/mol. The molecule has 0 aromatic rings. The summed E-state index contributed by atoms with van der Waals surface area (Å²) < 4.78 is 0. The summed E-state index contributed by atoms with van der Waals surface area (Å²) in [5.74, 6) is 0.430. The molecule has 1 aliphatic carbocycles. The summed E-state index contributed by atoms with van der Waals surface area (Å²) in [4.78, 5) is 26.4. The Morgan fingerprint density at radius 2 is 1.81 bits per heavy atom. The number of amides is 3. The number of hydrogen-bond donors (Lipinski definition) is 2. The van der Waals surface area contributed by atoms with Crippen molar-refractivity contribution in [1.29, 1.82) is 0 Å². The molecule has 21 heavy (non-hydrogen) atoms. The van der Waals surface area contributed by atoms with Gasteiger partial charge in [0.15, 0.2) is 0 Å². The van der Waals surface area contributed by atoms with Crippen LogP contribution in [0.25, 0.3) is 0 Å². The van der Waals surface area contributed by atoms with Crippen LogP contribution in [0.5, 0.6) is 0 Å². The molecule has 0 aromatic heterocycles. The third kappa shape index (κ3) is 4.61. The Labute approximate surface area is 127 Å². The van der Waals surface area contributed by atoms with Gasteiger partial charge < -0.3 is 15.5 Å². The Balaban J connectivity index is 1.85. The lowest BCUT2D eigenvalue weighted by molar-refractivity contribution is -0.124. The average molecular weight is 295 g/mol. The van der Waals surface area contributed by atoms with Crippen molar-refractivity contribution in [2.24, 2.45) is 5.92 Å². The molecule has 5 heteroatoms. The van der Waals surface area contributed by atoms with E-state index in [1.54, 1.807) is 4.90 Å². The van der Waals surface area contributed by atoms with Gasteiger partial charge in [-0.25, -0.2) is 4.79 Å². The van der Waals surface area contributed by atoms with E-state index in [1.165, 1.54) is 19.3 Å². The third-order valence-electron chi connectivity index (χ3n) is 4.43. The van der Waals surface area contributed by atoms with Gasteiger partial charge in [0.2, 0.25) is 5.91 Å². The Morgan fingerprint density at radius 1 is 1.10 bits per heavy atom. The number of urea groups is 1. The molecule has 3 amide bonds. The first-order chi connectivity index (χ1) is 10.1. The summed E-state index contributed by atoms with van der Waals surface area (Å²) in [5.41, 5.74) is 0. The summed E-state index contributed by atoms with van der Waals surface area (Å²) >= 11 is 0. The topological polar surface area (TPSA) is 61.4 Å².